The summed E-state index contributed by atoms with van der Waals surface area (Å²) in [6, 6.07) is 3.96. The van der Waals surface area contributed by atoms with Gasteiger partial charge in [-0.05, 0) is 44.4 Å². The first-order chi connectivity index (χ1) is 14.6. The van der Waals surface area contributed by atoms with Crippen LogP contribution in [0.15, 0.2) is 18.2 Å². The number of benzene rings is 1. The predicted molar refractivity (Wildman–Crippen MR) is 120 cm³/mol. The minimum absolute atomic E-state index is 0.0533. The Morgan fingerprint density at radius 3 is 2.68 bits per heavy atom. The number of carbonyl (C=O) groups excluding carboxylic acids is 3. The molecular weight excluding hydrogens is 444 g/mol. The topological polar surface area (TPSA) is 106 Å². The molecule has 2 amide bonds. The van der Waals surface area contributed by atoms with Crippen LogP contribution in [0, 0.1) is 5.92 Å². The summed E-state index contributed by atoms with van der Waals surface area (Å²) in [7, 11) is -0.927. The third kappa shape index (κ3) is 7.99. The van der Waals surface area contributed by atoms with E-state index >= 15 is 0 Å². The van der Waals surface area contributed by atoms with Gasteiger partial charge in [-0.3, -0.25) is 19.7 Å². The van der Waals surface area contributed by atoms with Crippen LogP contribution in [0.4, 0.5) is 0 Å². The maximum absolute atomic E-state index is 12.5. The highest BCUT2D eigenvalue weighted by Gasteiger charge is 2.38. The van der Waals surface area contributed by atoms with E-state index < -0.39 is 36.9 Å². The zero-order valence-electron chi connectivity index (χ0n) is 18.0. The standard InChI is InChI=1S/C20H28BCl2N3O5/c1-11(2)7-17(21-30-10-12(3)25-13(4)20(29)31-21)26-18(27)9-24-19(28)15-8-14(22)5-6-16(15)23/h5-6,8,11-13,17,25H,7,9-10H2,1-4H3,(H,24,28)(H,26,27)/t12-,13-,17+/m1/s1. The maximum atomic E-state index is 12.5. The Bertz CT molecular complexity index is 811. The van der Waals surface area contributed by atoms with Gasteiger partial charge in [-0.25, -0.2) is 0 Å². The molecule has 2 rings (SSSR count). The van der Waals surface area contributed by atoms with Crippen molar-refractivity contribution < 1.29 is 23.7 Å². The second kappa shape index (κ2) is 11.7. The van der Waals surface area contributed by atoms with E-state index in [1.54, 1.807) is 13.0 Å². The highest BCUT2D eigenvalue weighted by Crippen LogP contribution is 2.20. The largest absolute Gasteiger partial charge is 0.551 e. The summed E-state index contributed by atoms with van der Waals surface area (Å²) in [6.45, 7) is 7.62. The van der Waals surface area contributed by atoms with Gasteiger partial charge >= 0.3 is 13.1 Å². The number of nitrogens with one attached hydrogen (secondary N) is 3. The van der Waals surface area contributed by atoms with Gasteiger partial charge in [0, 0.05) is 17.7 Å². The summed E-state index contributed by atoms with van der Waals surface area (Å²) in [6.07, 6.45) is 0.522. The van der Waals surface area contributed by atoms with Crippen molar-refractivity contribution in [3.63, 3.8) is 0 Å². The summed E-state index contributed by atoms with van der Waals surface area (Å²) >= 11 is 11.9. The Morgan fingerprint density at radius 2 is 2.00 bits per heavy atom. The fourth-order valence-electron chi connectivity index (χ4n) is 3.16. The molecule has 1 fully saturated rings. The van der Waals surface area contributed by atoms with E-state index in [0.717, 1.165) is 0 Å². The minimum Gasteiger partial charge on any atom is -0.507 e. The molecule has 1 aliphatic heterocycles. The van der Waals surface area contributed by atoms with Gasteiger partial charge in [0.25, 0.3) is 5.91 Å². The number of amides is 2. The summed E-state index contributed by atoms with van der Waals surface area (Å²) in [5.74, 6) is -1.79. The van der Waals surface area contributed by atoms with Crippen LogP contribution in [-0.4, -0.2) is 56.1 Å². The third-order valence-corrected chi connectivity index (χ3v) is 5.18. The van der Waals surface area contributed by atoms with E-state index in [9.17, 15) is 14.4 Å². The highest BCUT2D eigenvalue weighted by atomic mass is 35.5. The second-order valence-corrected chi connectivity index (χ2v) is 8.88. The van der Waals surface area contributed by atoms with Gasteiger partial charge < -0.3 is 19.9 Å². The Kier molecular flexibility index (Phi) is 9.62. The van der Waals surface area contributed by atoms with Crippen molar-refractivity contribution in [2.75, 3.05) is 13.2 Å². The van der Waals surface area contributed by atoms with Gasteiger partial charge in [0.2, 0.25) is 5.91 Å². The molecule has 3 atom stereocenters. The van der Waals surface area contributed by atoms with Crippen LogP contribution >= 0.6 is 23.2 Å². The highest BCUT2D eigenvalue weighted by molar-refractivity contribution is 6.49. The van der Waals surface area contributed by atoms with E-state index in [2.05, 4.69) is 16.0 Å². The molecule has 11 heteroatoms. The summed E-state index contributed by atoms with van der Waals surface area (Å²) in [4.78, 5) is 37.2. The average Bonchev–Trinajstić information content (AvgIpc) is 2.69. The number of hydrogen-bond donors (Lipinski definition) is 3. The molecule has 0 saturated carbocycles. The molecule has 0 unspecified atom stereocenters. The molecule has 1 saturated heterocycles. The van der Waals surface area contributed by atoms with E-state index in [4.69, 9.17) is 32.5 Å². The molecule has 1 aromatic carbocycles. The Labute approximate surface area is 192 Å². The summed E-state index contributed by atoms with van der Waals surface area (Å²) < 4.78 is 11.2. The Morgan fingerprint density at radius 1 is 1.29 bits per heavy atom. The number of hydrogen-bond acceptors (Lipinski definition) is 6. The molecule has 0 aliphatic carbocycles. The molecule has 170 valence electrons. The predicted octanol–water partition coefficient (Wildman–Crippen LogP) is 2.22. The van der Waals surface area contributed by atoms with Crippen LogP contribution < -0.4 is 16.0 Å². The molecule has 1 aliphatic rings. The van der Waals surface area contributed by atoms with Crippen molar-refractivity contribution in [3.05, 3.63) is 33.8 Å². The van der Waals surface area contributed by atoms with E-state index in [1.807, 2.05) is 20.8 Å². The number of halogens is 2. The molecule has 0 radical (unpaired) electrons. The molecule has 8 nitrogen and oxygen atoms in total. The summed E-state index contributed by atoms with van der Waals surface area (Å²) in [5, 5.41) is 9.00. The van der Waals surface area contributed by atoms with Crippen LogP contribution in [0.5, 0.6) is 0 Å². The Balaban J connectivity index is 2.02. The lowest BCUT2D eigenvalue weighted by Crippen LogP contribution is -2.57. The third-order valence-electron chi connectivity index (χ3n) is 4.61. The fourth-order valence-corrected chi connectivity index (χ4v) is 3.54. The van der Waals surface area contributed by atoms with Crippen molar-refractivity contribution >= 4 is 48.1 Å². The molecule has 3 N–H and O–H groups in total. The molecular formula is C20H28BCl2N3O5. The zero-order chi connectivity index (χ0) is 23.1. The van der Waals surface area contributed by atoms with Crippen molar-refractivity contribution in [1.82, 2.24) is 16.0 Å². The SMILES string of the molecule is CC(C)C[C@H](NC(=O)CNC(=O)c1cc(Cl)ccc1Cl)B1OC[C@@H](C)N[C@H](C)C(=O)O1. The molecule has 0 aromatic heterocycles. The lowest BCUT2D eigenvalue weighted by molar-refractivity contribution is -0.139. The van der Waals surface area contributed by atoms with Crippen molar-refractivity contribution in [3.8, 4) is 0 Å². The summed E-state index contributed by atoms with van der Waals surface area (Å²) in [5.41, 5.74) is 0.174. The van der Waals surface area contributed by atoms with Gasteiger partial charge in [0.1, 0.15) is 6.04 Å². The molecule has 0 bridgehead atoms. The van der Waals surface area contributed by atoms with Gasteiger partial charge in [0.05, 0.1) is 23.1 Å². The normalized spacial score (nSPS) is 20.5. The van der Waals surface area contributed by atoms with Crippen LogP contribution in [0.1, 0.15) is 44.5 Å². The molecule has 0 spiro atoms. The monoisotopic (exact) mass is 471 g/mol. The van der Waals surface area contributed by atoms with Crippen LogP contribution in [0.3, 0.4) is 0 Å². The van der Waals surface area contributed by atoms with Gasteiger partial charge in [-0.15, -0.1) is 0 Å². The van der Waals surface area contributed by atoms with E-state index in [1.165, 1.54) is 12.1 Å². The van der Waals surface area contributed by atoms with Crippen LogP contribution in [-0.2, 0) is 18.9 Å². The van der Waals surface area contributed by atoms with Crippen LogP contribution in [0.2, 0.25) is 10.0 Å². The smallest absolute Gasteiger partial charge is 0.507 e. The number of carbonyl (C=O) groups is 3. The first-order valence-corrected chi connectivity index (χ1v) is 10.9. The second-order valence-electron chi connectivity index (χ2n) is 8.04. The minimum atomic E-state index is -0.927. The molecule has 1 aromatic rings. The van der Waals surface area contributed by atoms with Crippen molar-refractivity contribution in [2.24, 2.45) is 5.92 Å². The van der Waals surface area contributed by atoms with E-state index in [0.29, 0.717) is 18.1 Å². The van der Waals surface area contributed by atoms with Crippen LogP contribution in [0.25, 0.3) is 0 Å². The van der Waals surface area contributed by atoms with Gasteiger partial charge in [0.15, 0.2) is 0 Å². The lowest BCUT2D eigenvalue weighted by atomic mass is 9.73. The Hall–Kier alpha value is -1.81. The van der Waals surface area contributed by atoms with Crippen molar-refractivity contribution in [2.45, 2.75) is 52.1 Å². The maximum Gasteiger partial charge on any atom is 0.551 e. The fraction of sp³-hybridized carbons (Fsp3) is 0.550. The average molecular weight is 472 g/mol. The van der Waals surface area contributed by atoms with Crippen molar-refractivity contribution in [1.29, 1.82) is 0 Å². The van der Waals surface area contributed by atoms with Gasteiger partial charge in [-0.1, -0.05) is 37.0 Å². The van der Waals surface area contributed by atoms with E-state index in [-0.39, 0.29) is 29.1 Å². The number of rotatable bonds is 7. The first kappa shape index (κ1) is 25.5. The first-order valence-electron chi connectivity index (χ1n) is 10.2. The van der Waals surface area contributed by atoms with Gasteiger partial charge in [-0.2, -0.15) is 0 Å². The quantitative estimate of drug-likeness (QED) is 0.526. The zero-order valence-corrected chi connectivity index (χ0v) is 19.5. The molecule has 1 heterocycles. The molecule has 31 heavy (non-hydrogen) atoms. The lowest BCUT2D eigenvalue weighted by Gasteiger charge is -2.30.